The maximum atomic E-state index is 12.2. The molecule has 1 N–H and O–H groups in total. The number of rotatable bonds is 11. The van der Waals surface area contributed by atoms with E-state index in [4.69, 9.17) is 4.42 Å². The van der Waals surface area contributed by atoms with Gasteiger partial charge in [0.2, 0.25) is 17.7 Å². The highest BCUT2D eigenvalue weighted by Crippen LogP contribution is 2.10. The summed E-state index contributed by atoms with van der Waals surface area (Å²) in [6.07, 6.45) is 5.41. The predicted octanol–water partition coefficient (Wildman–Crippen LogP) is 4.02. The third-order valence-corrected chi connectivity index (χ3v) is 4.89. The molecule has 1 aromatic carbocycles. The minimum Gasteiger partial charge on any atom is -0.425 e. The van der Waals surface area contributed by atoms with Gasteiger partial charge in [-0.25, -0.2) is 0 Å². The van der Waals surface area contributed by atoms with Crippen molar-refractivity contribution in [2.24, 2.45) is 0 Å². The lowest BCUT2D eigenvalue weighted by molar-refractivity contribution is -0.121. The molecule has 2 aromatic heterocycles. The van der Waals surface area contributed by atoms with Crippen LogP contribution in [0.15, 0.2) is 52.9 Å². The zero-order valence-corrected chi connectivity index (χ0v) is 17.8. The molecule has 0 fully saturated rings. The molecule has 0 bridgehead atoms. The van der Waals surface area contributed by atoms with E-state index in [1.165, 1.54) is 5.56 Å². The number of nitrogens with zero attached hydrogens (tertiary/aromatic N) is 3. The van der Waals surface area contributed by atoms with Crippen LogP contribution in [0.4, 0.5) is 0 Å². The van der Waals surface area contributed by atoms with Crippen LogP contribution < -0.4 is 5.32 Å². The highest BCUT2D eigenvalue weighted by atomic mass is 16.4. The number of benzene rings is 1. The highest BCUT2D eigenvalue weighted by Gasteiger charge is 2.12. The first-order chi connectivity index (χ1) is 14.6. The summed E-state index contributed by atoms with van der Waals surface area (Å²) in [5.41, 5.74) is 3.32. The molecule has 1 amide bonds. The van der Waals surface area contributed by atoms with Gasteiger partial charge in [-0.15, -0.1) is 10.2 Å². The quantitative estimate of drug-likeness (QED) is 0.487. The SMILES string of the molecule is Cc1cccc(C[C@H](C)NC(=O)CCc2nnc(CCCCc3ccccc3)o2)n1. The molecule has 0 aliphatic carbocycles. The van der Waals surface area contributed by atoms with Gasteiger partial charge >= 0.3 is 0 Å². The number of hydrogen-bond donors (Lipinski definition) is 1. The summed E-state index contributed by atoms with van der Waals surface area (Å²) in [5, 5.41) is 11.2. The topological polar surface area (TPSA) is 80.9 Å². The van der Waals surface area contributed by atoms with Gasteiger partial charge in [0, 0.05) is 43.1 Å². The molecule has 3 rings (SSSR count). The van der Waals surface area contributed by atoms with E-state index in [9.17, 15) is 4.79 Å². The number of nitrogens with one attached hydrogen (secondary N) is 1. The Kier molecular flexibility index (Phi) is 8.12. The van der Waals surface area contributed by atoms with E-state index < -0.39 is 0 Å². The van der Waals surface area contributed by atoms with Crippen LogP contribution in [0.2, 0.25) is 0 Å². The second kappa shape index (κ2) is 11.2. The Hall–Kier alpha value is -3.02. The molecule has 6 heteroatoms. The third-order valence-electron chi connectivity index (χ3n) is 4.89. The molecule has 158 valence electrons. The minimum atomic E-state index is -0.0160. The van der Waals surface area contributed by atoms with Crippen LogP contribution >= 0.6 is 0 Å². The Morgan fingerprint density at radius 3 is 2.47 bits per heavy atom. The maximum absolute atomic E-state index is 12.2. The van der Waals surface area contributed by atoms with Crippen LogP contribution in [0, 0.1) is 6.92 Å². The fourth-order valence-electron chi connectivity index (χ4n) is 3.39. The molecule has 0 saturated carbocycles. The molecule has 2 heterocycles. The first-order valence-electron chi connectivity index (χ1n) is 10.7. The fraction of sp³-hybridized carbons (Fsp3) is 0.417. The first-order valence-corrected chi connectivity index (χ1v) is 10.7. The standard InChI is InChI=1S/C24H30N4O2/c1-18-9-8-13-21(25-18)17-19(2)26-22(29)15-16-24-28-27-23(30-24)14-7-6-12-20-10-4-3-5-11-20/h3-5,8-11,13,19H,6-7,12,14-17H2,1-2H3,(H,26,29)/t19-/m0/s1. The predicted molar refractivity (Wildman–Crippen MR) is 116 cm³/mol. The summed E-state index contributed by atoms with van der Waals surface area (Å²) < 4.78 is 5.69. The number of amides is 1. The number of carbonyl (C=O) groups is 1. The van der Waals surface area contributed by atoms with Crippen LogP contribution in [0.1, 0.15) is 54.9 Å². The van der Waals surface area contributed by atoms with Crippen LogP contribution in [-0.4, -0.2) is 27.1 Å². The molecule has 30 heavy (non-hydrogen) atoms. The molecular weight excluding hydrogens is 376 g/mol. The fourth-order valence-corrected chi connectivity index (χ4v) is 3.39. The zero-order chi connectivity index (χ0) is 21.2. The van der Waals surface area contributed by atoms with Crippen molar-refractivity contribution in [2.45, 2.75) is 64.8 Å². The third kappa shape index (κ3) is 7.43. The molecule has 0 unspecified atom stereocenters. The normalized spacial score (nSPS) is 11.9. The van der Waals surface area contributed by atoms with E-state index in [0.29, 0.717) is 31.0 Å². The van der Waals surface area contributed by atoms with Crippen LogP contribution in [0.3, 0.4) is 0 Å². The molecule has 0 spiro atoms. The van der Waals surface area contributed by atoms with Gasteiger partial charge in [-0.2, -0.15) is 0 Å². The van der Waals surface area contributed by atoms with Crippen molar-refractivity contribution < 1.29 is 9.21 Å². The lowest BCUT2D eigenvalue weighted by Crippen LogP contribution is -2.34. The summed E-state index contributed by atoms with van der Waals surface area (Å²) in [4.78, 5) is 16.7. The first kappa shape index (κ1) is 21.7. The van der Waals surface area contributed by atoms with Gasteiger partial charge in [0.15, 0.2) is 0 Å². The van der Waals surface area contributed by atoms with Crippen molar-refractivity contribution in [3.63, 3.8) is 0 Å². The summed E-state index contributed by atoms with van der Waals surface area (Å²) in [6, 6.07) is 16.4. The van der Waals surface area contributed by atoms with Crippen LogP contribution in [-0.2, 0) is 30.5 Å². The van der Waals surface area contributed by atoms with E-state index in [1.54, 1.807) is 0 Å². The van der Waals surface area contributed by atoms with Crippen LogP contribution in [0.25, 0.3) is 0 Å². The number of hydrogen-bond acceptors (Lipinski definition) is 5. The average Bonchev–Trinajstić information content (AvgIpc) is 3.18. The molecule has 6 nitrogen and oxygen atoms in total. The van der Waals surface area contributed by atoms with Gasteiger partial charge < -0.3 is 9.73 Å². The Labute approximate surface area is 178 Å². The maximum Gasteiger partial charge on any atom is 0.220 e. The van der Waals surface area contributed by atoms with Crippen molar-refractivity contribution in [1.29, 1.82) is 0 Å². The number of pyridine rings is 1. The summed E-state index contributed by atoms with van der Waals surface area (Å²) in [7, 11) is 0. The molecule has 0 aliphatic rings. The van der Waals surface area contributed by atoms with Crippen LogP contribution in [0.5, 0.6) is 0 Å². The van der Waals surface area contributed by atoms with E-state index >= 15 is 0 Å². The second-order valence-corrected chi connectivity index (χ2v) is 7.73. The molecule has 1 atom stereocenters. The lowest BCUT2D eigenvalue weighted by Gasteiger charge is -2.13. The molecule has 0 radical (unpaired) electrons. The minimum absolute atomic E-state index is 0.0160. The number of aryl methyl sites for hydroxylation is 4. The monoisotopic (exact) mass is 406 g/mol. The van der Waals surface area contributed by atoms with Gasteiger partial charge in [0.05, 0.1) is 0 Å². The zero-order valence-electron chi connectivity index (χ0n) is 17.8. The van der Waals surface area contributed by atoms with Gasteiger partial charge in [-0.1, -0.05) is 36.4 Å². The summed E-state index contributed by atoms with van der Waals surface area (Å²) in [6.45, 7) is 3.96. The highest BCUT2D eigenvalue weighted by molar-refractivity contribution is 5.76. The largest absolute Gasteiger partial charge is 0.425 e. The van der Waals surface area contributed by atoms with Crippen molar-refractivity contribution in [3.05, 3.63) is 77.3 Å². The number of unbranched alkanes of at least 4 members (excludes halogenated alkanes) is 1. The number of carbonyl (C=O) groups excluding carboxylic acids is 1. The Morgan fingerprint density at radius 2 is 1.70 bits per heavy atom. The van der Waals surface area contributed by atoms with Gasteiger partial charge in [0.25, 0.3) is 0 Å². The van der Waals surface area contributed by atoms with E-state index in [0.717, 1.165) is 37.1 Å². The molecule has 3 aromatic rings. The molecular formula is C24H30N4O2. The van der Waals surface area contributed by atoms with Gasteiger partial charge in [-0.05, 0) is 50.8 Å². The van der Waals surface area contributed by atoms with E-state index in [1.807, 2.05) is 38.1 Å². The van der Waals surface area contributed by atoms with Crippen molar-refractivity contribution in [2.75, 3.05) is 0 Å². The smallest absolute Gasteiger partial charge is 0.220 e. The average molecular weight is 407 g/mol. The summed E-state index contributed by atoms with van der Waals surface area (Å²) in [5.74, 6) is 1.16. The Bertz CT molecular complexity index is 924. The lowest BCUT2D eigenvalue weighted by atomic mass is 10.1. The van der Waals surface area contributed by atoms with E-state index in [-0.39, 0.29) is 11.9 Å². The van der Waals surface area contributed by atoms with Crippen molar-refractivity contribution in [1.82, 2.24) is 20.5 Å². The van der Waals surface area contributed by atoms with Crippen molar-refractivity contribution in [3.8, 4) is 0 Å². The van der Waals surface area contributed by atoms with Crippen molar-refractivity contribution >= 4 is 5.91 Å². The summed E-state index contributed by atoms with van der Waals surface area (Å²) >= 11 is 0. The van der Waals surface area contributed by atoms with Gasteiger partial charge in [0.1, 0.15) is 0 Å². The number of aromatic nitrogens is 3. The van der Waals surface area contributed by atoms with E-state index in [2.05, 4.69) is 44.8 Å². The molecule has 0 aliphatic heterocycles. The molecule has 0 saturated heterocycles. The van der Waals surface area contributed by atoms with Gasteiger partial charge in [-0.3, -0.25) is 9.78 Å². The Balaban J connectivity index is 1.33. The Morgan fingerprint density at radius 1 is 0.967 bits per heavy atom. The second-order valence-electron chi connectivity index (χ2n) is 7.73.